The number of aliphatic carboxylic acids is 1. The summed E-state index contributed by atoms with van der Waals surface area (Å²) in [6, 6.07) is 7.19. The summed E-state index contributed by atoms with van der Waals surface area (Å²) in [6.07, 6.45) is 5.74. The van der Waals surface area contributed by atoms with Crippen LogP contribution in [0.3, 0.4) is 0 Å². The predicted molar refractivity (Wildman–Crippen MR) is 98.7 cm³/mol. The van der Waals surface area contributed by atoms with Gasteiger partial charge in [0.05, 0.1) is 11.8 Å². The lowest BCUT2D eigenvalue weighted by Crippen LogP contribution is -2.56. The molecule has 6 heteroatoms. The summed E-state index contributed by atoms with van der Waals surface area (Å²) in [5.41, 5.74) is 0.486. The Kier molecular flexibility index (Phi) is 4.54. The molecule has 1 saturated carbocycles. The van der Waals surface area contributed by atoms with E-state index in [1.54, 1.807) is 0 Å². The minimum Gasteiger partial charge on any atom is -0.480 e. The first-order valence-electron chi connectivity index (χ1n) is 9.85. The van der Waals surface area contributed by atoms with Crippen LogP contribution in [-0.4, -0.2) is 28.4 Å². The average molecular weight is 370 g/mol. The van der Waals surface area contributed by atoms with Crippen LogP contribution >= 0.6 is 0 Å². The Hall–Kier alpha value is -2.21. The molecule has 144 valence electrons. The highest BCUT2D eigenvalue weighted by atomic mass is 16.4. The number of rotatable bonds is 4. The molecule has 4 unspecified atom stereocenters. The zero-order valence-corrected chi connectivity index (χ0v) is 15.5. The predicted octanol–water partition coefficient (Wildman–Crippen LogP) is 2.32. The minimum absolute atomic E-state index is 0.266. The van der Waals surface area contributed by atoms with Crippen molar-refractivity contribution >= 4 is 17.8 Å². The maximum atomic E-state index is 12.7. The molecule has 1 aliphatic carbocycles. The monoisotopic (exact) mass is 370 g/mol. The van der Waals surface area contributed by atoms with Crippen molar-refractivity contribution in [1.82, 2.24) is 10.6 Å². The van der Waals surface area contributed by atoms with Crippen LogP contribution in [0.25, 0.3) is 0 Å². The van der Waals surface area contributed by atoms with Gasteiger partial charge >= 0.3 is 5.97 Å². The van der Waals surface area contributed by atoms with E-state index in [0.29, 0.717) is 6.42 Å². The van der Waals surface area contributed by atoms with Crippen molar-refractivity contribution in [3.8, 4) is 0 Å². The summed E-state index contributed by atoms with van der Waals surface area (Å²) in [5.74, 6) is -3.12. The molecular formula is C21H26N2O4. The van der Waals surface area contributed by atoms with Crippen LogP contribution in [-0.2, 0) is 14.4 Å². The van der Waals surface area contributed by atoms with Gasteiger partial charge in [0.15, 0.2) is 0 Å². The van der Waals surface area contributed by atoms with Crippen molar-refractivity contribution in [2.24, 2.45) is 17.8 Å². The van der Waals surface area contributed by atoms with Gasteiger partial charge in [-0.3, -0.25) is 25.0 Å². The van der Waals surface area contributed by atoms with Gasteiger partial charge in [0, 0.05) is 6.04 Å². The van der Waals surface area contributed by atoms with Gasteiger partial charge < -0.3 is 5.11 Å². The highest BCUT2D eigenvalue weighted by Gasteiger charge is 2.66. The standard InChI is InChI=1S/C21H26N2O4/c1-12-7-5-6-10-14(12)17-15-16(19(25)22-18(15)24)21(23-17,20(26)27)11-13-8-3-2-4-9-13/h5-7,10,13,15-17,23H,2-4,8-9,11H2,1H3,(H,26,27)(H,22,24,25). The molecule has 0 bridgehead atoms. The largest absolute Gasteiger partial charge is 0.480 e. The average Bonchev–Trinajstić information content (AvgIpc) is 3.14. The SMILES string of the molecule is Cc1ccccc1C1NC(CC2CCCCC2)(C(=O)O)C2C(=O)NC(=O)C12. The summed E-state index contributed by atoms with van der Waals surface area (Å²) in [4.78, 5) is 37.8. The molecule has 0 aromatic heterocycles. The van der Waals surface area contributed by atoms with E-state index in [9.17, 15) is 19.5 Å². The lowest BCUT2D eigenvalue weighted by atomic mass is 9.72. The Morgan fingerprint density at radius 3 is 2.52 bits per heavy atom. The van der Waals surface area contributed by atoms with E-state index in [0.717, 1.165) is 36.8 Å². The minimum atomic E-state index is -1.39. The number of imide groups is 1. The third kappa shape index (κ3) is 2.87. The van der Waals surface area contributed by atoms with Crippen LogP contribution in [0.1, 0.15) is 55.7 Å². The number of amides is 2. The van der Waals surface area contributed by atoms with E-state index in [-0.39, 0.29) is 11.8 Å². The fourth-order valence-corrected chi connectivity index (χ4v) is 5.45. The number of fused-ring (bicyclic) bond motifs is 1. The Labute approximate surface area is 158 Å². The fraction of sp³-hybridized carbons (Fsp3) is 0.571. The van der Waals surface area contributed by atoms with E-state index in [2.05, 4.69) is 10.6 Å². The summed E-state index contributed by atoms with van der Waals surface area (Å²) in [7, 11) is 0. The van der Waals surface area contributed by atoms with Crippen molar-refractivity contribution in [1.29, 1.82) is 0 Å². The fourth-order valence-electron chi connectivity index (χ4n) is 5.45. The van der Waals surface area contributed by atoms with Crippen LogP contribution < -0.4 is 10.6 Å². The van der Waals surface area contributed by atoms with Crippen LogP contribution in [0.2, 0.25) is 0 Å². The molecule has 2 aliphatic heterocycles. The molecule has 27 heavy (non-hydrogen) atoms. The summed E-state index contributed by atoms with van der Waals surface area (Å²) >= 11 is 0. The van der Waals surface area contributed by atoms with Crippen molar-refractivity contribution in [3.05, 3.63) is 35.4 Å². The van der Waals surface area contributed by atoms with Gasteiger partial charge in [0.2, 0.25) is 11.8 Å². The number of carboxylic acids is 1. The maximum absolute atomic E-state index is 12.7. The zero-order valence-electron chi connectivity index (χ0n) is 15.5. The second-order valence-electron chi connectivity index (χ2n) is 8.32. The number of nitrogens with one attached hydrogen (secondary N) is 2. The van der Waals surface area contributed by atoms with Crippen LogP contribution in [0.5, 0.6) is 0 Å². The number of aryl methyl sites for hydroxylation is 1. The van der Waals surface area contributed by atoms with Crippen LogP contribution in [0, 0.1) is 24.7 Å². The number of carbonyl (C=O) groups excluding carboxylic acids is 2. The Morgan fingerprint density at radius 1 is 1.15 bits per heavy atom. The number of benzene rings is 1. The molecule has 2 amide bonds. The molecule has 1 aromatic carbocycles. The Balaban J connectivity index is 1.76. The van der Waals surface area contributed by atoms with Crippen LogP contribution in [0.4, 0.5) is 0 Å². The van der Waals surface area contributed by atoms with Crippen LogP contribution in [0.15, 0.2) is 24.3 Å². The normalized spacial score (nSPS) is 33.7. The Morgan fingerprint density at radius 2 is 1.85 bits per heavy atom. The third-order valence-electron chi connectivity index (χ3n) is 6.73. The van der Waals surface area contributed by atoms with E-state index in [1.807, 2.05) is 31.2 Å². The van der Waals surface area contributed by atoms with Gasteiger partial charge in [-0.2, -0.15) is 0 Å². The molecule has 2 saturated heterocycles. The maximum Gasteiger partial charge on any atom is 0.324 e. The number of carbonyl (C=O) groups is 3. The van der Waals surface area contributed by atoms with Crippen molar-refractivity contribution in [2.45, 2.75) is 57.0 Å². The molecule has 4 atom stereocenters. The van der Waals surface area contributed by atoms with E-state index >= 15 is 0 Å². The van der Waals surface area contributed by atoms with Gasteiger partial charge in [0.25, 0.3) is 0 Å². The van der Waals surface area contributed by atoms with E-state index in [1.165, 1.54) is 6.42 Å². The summed E-state index contributed by atoms with van der Waals surface area (Å²) in [6.45, 7) is 1.95. The Bertz CT molecular complexity index is 786. The number of carboxylic acid groups (broad SMARTS) is 1. The molecule has 3 fully saturated rings. The number of hydrogen-bond donors (Lipinski definition) is 3. The molecule has 6 nitrogen and oxygen atoms in total. The first-order valence-corrected chi connectivity index (χ1v) is 9.85. The highest BCUT2D eigenvalue weighted by molar-refractivity contribution is 6.09. The van der Waals surface area contributed by atoms with Crippen molar-refractivity contribution in [2.75, 3.05) is 0 Å². The van der Waals surface area contributed by atoms with Gasteiger partial charge in [0.1, 0.15) is 5.54 Å². The zero-order chi connectivity index (χ0) is 19.2. The van der Waals surface area contributed by atoms with E-state index in [4.69, 9.17) is 0 Å². The molecule has 3 N–H and O–H groups in total. The topological polar surface area (TPSA) is 95.5 Å². The summed E-state index contributed by atoms with van der Waals surface area (Å²) in [5, 5.41) is 15.9. The highest BCUT2D eigenvalue weighted by Crippen LogP contribution is 2.50. The lowest BCUT2D eigenvalue weighted by Gasteiger charge is -2.35. The van der Waals surface area contributed by atoms with Gasteiger partial charge in [-0.15, -0.1) is 0 Å². The lowest BCUT2D eigenvalue weighted by molar-refractivity contribution is -0.150. The second-order valence-corrected chi connectivity index (χ2v) is 8.32. The smallest absolute Gasteiger partial charge is 0.324 e. The number of hydrogen-bond acceptors (Lipinski definition) is 4. The molecule has 0 radical (unpaired) electrons. The first kappa shape index (κ1) is 18.2. The van der Waals surface area contributed by atoms with Gasteiger partial charge in [-0.05, 0) is 30.4 Å². The first-order chi connectivity index (χ1) is 12.9. The van der Waals surface area contributed by atoms with Gasteiger partial charge in [-0.25, -0.2) is 0 Å². The molecule has 2 heterocycles. The summed E-state index contributed by atoms with van der Waals surface area (Å²) < 4.78 is 0. The molecule has 0 spiro atoms. The molecular weight excluding hydrogens is 344 g/mol. The second kappa shape index (κ2) is 6.75. The molecule has 1 aromatic rings. The van der Waals surface area contributed by atoms with Crippen molar-refractivity contribution in [3.63, 3.8) is 0 Å². The van der Waals surface area contributed by atoms with Crippen molar-refractivity contribution < 1.29 is 19.5 Å². The third-order valence-corrected chi connectivity index (χ3v) is 6.73. The van der Waals surface area contributed by atoms with E-state index < -0.39 is 35.3 Å². The van der Waals surface area contributed by atoms with Gasteiger partial charge in [-0.1, -0.05) is 56.4 Å². The quantitative estimate of drug-likeness (QED) is 0.707. The molecule has 3 aliphatic rings. The molecule has 4 rings (SSSR count).